The normalized spacial score (nSPS) is 33.8. The average molecular weight is 769 g/mol. The van der Waals surface area contributed by atoms with Gasteiger partial charge in [-0.25, -0.2) is 0 Å². The number of hydrogen-bond acceptors (Lipinski definition) is 8. The van der Waals surface area contributed by atoms with Crippen molar-refractivity contribution in [3.8, 4) is 5.75 Å². The van der Waals surface area contributed by atoms with E-state index in [0.29, 0.717) is 44.9 Å². The maximum atomic E-state index is 13.5. The van der Waals surface area contributed by atoms with Crippen LogP contribution in [0.3, 0.4) is 0 Å². The number of halogens is 3. The first-order valence-corrected chi connectivity index (χ1v) is 19.9. The van der Waals surface area contributed by atoms with Crippen molar-refractivity contribution in [2.75, 3.05) is 13.2 Å². The van der Waals surface area contributed by atoms with Crippen molar-refractivity contribution in [1.82, 2.24) is 0 Å². The van der Waals surface area contributed by atoms with E-state index in [4.69, 9.17) is 9.47 Å². The summed E-state index contributed by atoms with van der Waals surface area (Å²) in [4.78, 5) is 38.3. The van der Waals surface area contributed by atoms with Gasteiger partial charge in [0.05, 0.1) is 11.7 Å². The van der Waals surface area contributed by atoms with Crippen LogP contribution in [0.4, 0.5) is 13.2 Å². The fraction of sp³-hybridized carbons (Fsp3) is 0.614. The maximum Gasteiger partial charge on any atom is 0.416 e. The average Bonchev–Trinajstić information content (AvgIpc) is 3.65. The van der Waals surface area contributed by atoms with Gasteiger partial charge in [0.1, 0.15) is 24.1 Å². The van der Waals surface area contributed by atoms with Crippen LogP contribution >= 0.6 is 0 Å². The summed E-state index contributed by atoms with van der Waals surface area (Å²) in [5.41, 5.74) is -0.586. The van der Waals surface area contributed by atoms with E-state index >= 15 is 0 Å². The van der Waals surface area contributed by atoms with Gasteiger partial charge in [0, 0.05) is 29.6 Å². The molecule has 0 bridgehead atoms. The molecule has 0 aromatic heterocycles. The molecule has 8 nitrogen and oxygen atoms in total. The topological polar surface area (TPSA) is 130 Å². The number of allylic oxidation sites excluding steroid dienone is 6. The predicted molar refractivity (Wildman–Crippen MR) is 200 cm³/mol. The summed E-state index contributed by atoms with van der Waals surface area (Å²) in [5.74, 6) is -0.373. The Bertz CT molecular complexity index is 1730. The zero-order valence-corrected chi connectivity index (χ0v) is 31.9. The molecule has 1 aromatic rings. The SMILES string of the molecule is C[C@]12CCC(=O)C=C1CC[C@@H]1C2=CC[C@@]2(C)[C@H]1CC[C@]2(O)C(=O)COC(=O)CCC/C=C\C[C@H]1CC[C@@H](O)[C@@H]1/C=C/[C@@H](O)COc1cccc(C(F)(F)F)c1. The lowest BCUT2D eigenvalue weighted by molar-refractivity contribution is -0.163. The number of unbranched alkanes of at least 4 members (excludes halogenated alkanes) is 1. The summed E-state index contributed by atoms with van der Waals surface area (Å²) in [6, 6.07) is 4.47. The number of hydrogen-bond donors (Lipinski definition) is 3. The largest absolute Gasteiger partial charge is 0.491 e. The van der Waals surface area contributed by atoms with Crippen LogP contribution in [0.15, 0.2) is 71.9 Å². The molecule has 1 aromatic carbocycles. The standard InChI is InChI=1S/C44H55F3O8/c1-41-21-18-31(48)24-29(41)13-15-35-36(41)19-22-42(2)37(35)20-23-43(42,53)39(51)27-55-40(52)11-6-4-3-5-8-28-12-17-38(50)34(28)16-14-32(49)26-54-33-10-7-9-30(25-33)44(45,46)47/h3,5,7,9-10,14,16,19,24-25,28,32,34-35,37-38,49-50,53H,4,6,8,11-13,15,17-18,20-23,26-27H2,1-2H3/b5-3-,16-14+/t28-,32+,34+,35+,37-,38+,41-,42-,43-/m0/s1. The lowest BCUT2D eigenvalue weighted by Crippen LogP contribution is -2.55. The second-order valence-electron chi connectivity index (χ2n) is 16.9. The summed E-state index contributed by atoms with van der Waals surface area (Å²) in [7, 11) is 0. The molecule has 5 aliphatic carbocycles. The monoisotopic (exact) mass is 768 g/mol. The molecular formula is C44H55F3O8. The number of carbonyl (C=O) groups excluding carboxylic acids is 3. The summed E-state index contributed by atoms with van der Waals surface area (Å²) < 4.78 is 49.6. The highest BCUT2D eigenvalue weighted by Gasteiger charge is 2.64. The first-order valence-electron chi connectivity index (χ1n) is 19.9. The van der Waals surface area contributed by atoms with Gasteiger partial charge in [0.15, 0.2) is 12.4 Å². The van der Waals surface area contributed by atoms with E-state index < -0.39 is 53.3 Å². The third-order valence-electron chi connectivity index (χ3n) is 13.6. The van der Waals surface area contributed by atoms with Crippen molar-refractivity contribution in [1.29, 1.82) is 0 Å². The first-order chi connectivity index (χ1) is 26.0. The Morgan fingerprint density at radius 1 is 1.07 bits per heavy atom. The summed E-state index contributed by atoms with van der Waals surface area (Å²) in [6.07, 6.45) is 13.4. The zero-order valence-electron chi connectivity index (χ0n) is 31.9. The van der Waals surface area contributed by atoms with Crippen molar-refractivity contribution in [2.24, 2.45) is 34.5 Å². The molecule has 6 rings (SSSR count). The molecule has 0 unspecified atom stereocenters. The van der Waals surface area contributed by atoms with Gasteiger partial charge in [-0.2, -0.15) is 13.2 Å². The Morgan fingerprint density at radius 2 is 1.87 bits per heavy atom. The number of esters is 1. The zero-order chi connectivity index (χ0) is 39.6. The minimum absolute atomic E-state index is 0.00442. The van der Waals surface area contributed by atoms with Gasteiger partial charge in [0.2, 0.25) is 5.78 Å². The first kappa shape index (κ1) is 41.1. The minimum Gasteiger partial charge on any atom is -0.491 e. The van der Waals surface area contributed by atoms with Crippen LogP contribution in [0.1, 0.15) is 103 Å². The number of benzene rings is 1. The molecule has 55 heavy (non-hydrogen) atoms. The van der Waals surface area contributed by atoms with Crippen LogP contribution in [0, 0.1) is 34.5 Å². The highest BCUT2D eigenvalue weighted by Crippen LogP contribution is 2.65. The Morgan fingerprint density at radius 3 is 2.65 bits per heavy atom. The molecule has 0 heterocycles. The summed E-state index contributed by atoms with van der Waals surface area (Å²) in [5, 5.41) is 32.8. The van der Waals surface area contributed by atoms with Crippen molar-refractivity contribution in [3.63, 3.8) is 0 Å². The second-order valence-corrected chi connectivity index (χ2v) is 16.9. The fourth-order valence-corrected chi connectivity index (χ4v) is 10.3. The number of Topliss-reactive ketones (excluding diaryl/α,β-unsaturated/α-hetero) is 1. The highest BCUT2D eigenvalue weighted by molar-refractivity contribution is 5.92. The lowest BCUT2D eigenvalue weighted by Gasteiger charge is -2.54. The molecule has 0 amide bonds. The number of aliphatic hydroxyl groups excluding tert-OH is 2. The lowest BCUT2D eigenvalue weighted by atomic mass is 9.50. The van der Waals surface area contributed by atoms with E-state index in [1.165, 1.54) is 29.4 Å². The van der Waals surface area contributed by atoms with E-state index in [2.05, 4.69) is 13.0 Å². The number of fused-ring (bicyclic) bond motifs is 5. The third kappa shape index (κ3) is 8.59. The van der Waals surface area contributed by atoms with Gasteiger partial charge in [0.25, 0.3) is 0 Å². The van der Waals surface area contributed by atoms with Crippen LogP contribution in [-0.2, 0) is 25.3 Å². The second kappa shape index (κ2) is 16.5. The number of alkyl halides is 3. The van der Waals surface area contributed by atoms with Crippen molar-refractivity contribution in [2.45, 2.75) is 121 Å². The van der Waals surface area contributed by atoms with Gasteiger partial charge in [-0.15, -0.1) is 0 Å². The fourth-order valence-electron chi connectivity index (χ4n) is 10.3. The van der Waals surface area contributed by atoms with Crippen LogP contribution in [0.5, 0.6) is 5.75 Å². The van der Waals surface area contributed by atoms with E-state index in [0.717, 1.165) is 44.2 Å². The Hall–Kier alpha value is -3.54. The Labute approximate surface area is 321 Å². The van der Waals surface area contributed by atoms with Crippen molar-refractivity contribution < 1.29 is 52.3 Å². The molecule has 3 N–H and O–H groups in total. The summed E-state index contributed by atoms with van der Waals surface area (Å²) >= 11 is 0. The van der Waals surface area contributed by atoms with Gasteiger partial charge < -0.3 is 24.8 Å². The van der Waals surface area contributed by atoms with Crippen LogP contribution in [0.2, 0.25) is 0 Å². The predicted octanol–water partition coefficient (Wildman–Crippen LogP) is 7.80. The van der Waals surface area contributed by atoms with Crippen molar-refractivity contribution >= 4 is 17.5 Å². The Balaban J connectivity index is 0.914. The van der Waals surface area contributed by atoms with Crippen molar-refractivity contribution in [3.05, 3.63) is 77.4 Å². The smallest absolute Gasteiger partial charge is 0.416 e. The van der Waals surface area contributed by atoms with Gasteiger partial charge in [-0.05, 0) is 113 Å². The molecule has 0 aliphatic heterocycles. The van der Waals surface area contributed by atoms with Gasteiger partial charge in [-0.1, -0.05) is 61.4 Å². The molecule has 0 radical (unpaired) electrons. The molecule has 0 saturated heterocycles. The summed E-state index contributed by atoms with van der Waals surface area (Å²) in [6.45, 7) is 3.58. The van der Waals surface area contributed by atoms with Gasteiger partial charge in [-0.3, -0.25) is 14.4 Å². The third-order valence-corrected chi connectivity index (χ3v) is 13.6. The van der Waals surface area contributed by atoms with E-state index in [1.807, 2.05) is 25.2 Å². The van der Waals surface area contributed by atoms with E-state index in [9.17, 15) is 42.9 Å². The number of aliphatic hydroxyl groups is 3. The molecule has 0 spiro atoms. The number of ketones is 2. The molecule has 11 heteroatoms. The molecule has 5 aliphatic rings. The molecular weight excluding hydrogens is 713 g/mol. The Kier molecular flexibility index (Phi) is 12.3. The number of carbonyl (C=O) groups is 3. The number of ether oxygens (including phenoxy) is 2. The highest BCUT2D eigenvalue weighted by atomic mass is 19.4. The molecule has 300 valence electrons. The van der Waals surface area contributed by atoms with Crippen LogP contribution < -0.4 is 4.74 Å². The van der Waals surface area contributed by atoms with E-state index in [-0.39, 0.29) is 53.6 Å². The van der Waals surface area contributed by atoms with E-state index in [1.54, 1.807) is 6.08 Å². The van der Waals surface area contributed by atoms with Crippen LogP contribution in [-0.4, -0.2) is 63.9 Å². The maximum absolute atomic E-state index is 13.5. The van der Waals surface area contributed by atoms with Gasteiger partial charge >= 0.3 is 12.1 Å². The quantitative estimate of drug-likeness (QED) is 0.0994. The molecule has 3 fully saturated rings. The van der Waals surface area contributed by atoms with Crippen LogP contribution in [0.25, 0.3) is 0 Å². The molecule has 9 atom stereocenters. The molecule has 3 saturated carbocycles. The number of rotatable bonds is 14. The minimum atomic E-state index is -4.49.